The Morgan fingerprint density at radius 3 is 2.56 bits per heavy atom. The Balaban J connectivity index is 2.24. The van der Waals surface area contributed by atoms with Crippen molar-refractivity contribution in [3.8, 4) is 0 Å². The van der Waals surface area contributed by atoms with Crippen LogP contribution in [0.15, 0.2) is 11.6 Å². The lowest BCUT2D eigenvalue weighted by molar-refractivity contribution is 0.143. The van der Waals surface area contributed by atoms with Crippen LogP contribution >= 0.6 is 0 Å². The average molecular weight is 254 g/mol. The molecule has 0 spiro atoms. The molecule has 0 aromatic carbocycles. The van der Waals surface area contributed by atoms with Crippen LogP contribution in [0.4, 0.5) is 0 Å². The highest BCUT2D eigenvalue weighted by molar-refractivity contribution is 4.95. The van der Waals surface area contributed by atoms with Crippen molar-refractivity contribution in [2.45, 2.75) is 52.1 Å². The summed E-state index contributed by atoms with van der Waals surface area (Å²) in [6.45, 7) is 10.9. The summed E-state index contributed by atoms with van der Waals surface area (Å²) in [5.74, 6) is 0. The van der Waals surface area contributed by atoms with Crippen molar-refractivity contribution in [3.63, 3.8) is 0 Å². The van der Waals surface area contributed by atoms with Crippen molar-refractivity contribution in [1.29, 1.82) is 0 Å². The van der Waals surface area contributed by atoms with Crippen LogP contribution in [-0.4, -0.2) is 50.3 Å². The molecule has 1 aliphatic heterocycles. The first kappa shape index (κ1) is 15.7. The van der Waals surface area contributed by atoms with E-state index in [0.717, 1.165) is 19.6 Å². The van der Waals surface area contributed by atoms with Crippen LogP contribution in [0.1, 0.15) is 40.0 Å². The lowest BCUT2D eigenvalue weighted by atomic mass is 10.0. The lowest BCUT2D eigenvalue weighted by Gasteiger charge is -2.33. The first-order valence-corrected chi connectivity index (χ1v) is 7.26. The number of rotatable bonds is 7. The molecule has 0 aromatic heterocycles. The van der Waals surface area contributed by atoms with E-state index in [1.54, 1.807) is 7.11 Å². The molecule has 3 nitrogen and oxygen atoms in total. The van der Waals surface area contributed by atoms with Gasteiger partial charge < -0.3 is 10.1 Å². The maximum Gasteiger partial charge on any atom is 0.0615 e. The zero-order chi connectivity index (χ0) is 13.4. The summed E-state index contributed by atoms with van der Waals surface area (Å²) in [7, 11) is 1.78. The first-order chi connectivity index (χ1) is 8.65. The van der Waals surface area contributed by atoms with E-state index in [9.17, 15) is 0 Å². The third-order valence-corrected chi connectivity index (χ3v) is 3.68. The van der Waals surface area contributed by atoms with Gasteiger partial charge in [0.05, 0.1) is 6.61 Å². The second kappa shape index (κ2) is 8.68. The second-order valence-electron chi connectivity index (χ2n) is 5.58. The highest BCUT2D eigenvalue weighted by Crippen LogP contribution is 2.12. The van der Waals surface area contributed by atoms with E-state index in [2.05, 4.69) is 37.1 Å². The van der Waals surface area contributed by atoms with E-state index < -0.39 is 0 Å². The van der Waals surface area contributed by atoms with Crippen LogP contribution in [0.25, 0.3) is 0 Å². The van der Waals surface area contributed by atoms with Crippen LogP contribution in [0, 0.1) is 0 Å². The van der Waals surface area contributed by atoms with Crippen LogP contribution in [0.2, 0.25) is 0 Å². The average Bonchev–Trinajstić information content (AvgIpc) is 2.37. The molecule has 0 saturated carbocycles. The van der Waals surface area contributed by atoms with E-state index in [1.165, 1.54) is 31.5 Å². The van der Waals surface area contributed by atoms with E-state index in [1.807, 2.05) is 0 Å². The van der Waals surface area contributed by atoms with E-state index in [4.69, 9.17) is 4.74 Å². The maximum absolute atomic E-state index is 5.24. The fourth-order valence-corrected chi connectivity index (χ4v) is 2.41. The van der Waals surface area contributed by atoms with Crippen LogP contribution < -0.4 is 5.32 Å². The molecule has 1 aliphatic rings. The van der Waals surface area contributed by atoms with Gasteiger partial charge in [0.25, 0.3) is 0 Å². The zero-order valence-corrected chi connectivity index (χ0v) is 12.5. The summed E-state index contributed by atoms with van der Waals surface area (Å²) >= 11 is 0. The van der Waals surface area contributed by atoms with E-state index in [0.29, 0.717) is 12.1 Å². The Labute approximate surface area is 113 Å². The standard InChI is InChI=1S/C15H30N2O/c1-5-14(12-18-4)16-15-7-10-17(11-8-15)9-6-13(2)3/h6,14-16H,5,7-12H2,1-4H3. The summed E-state index contributed by atoms with van der Waals surface area (Å²) in [5, 5.41) is 3.72. The van der Waals surface area contributed by atoms with Gasteiger partial charge in [0.1, 0.15) is 0 Å². The van der Waals surface area contributed by atoms with Crippen LogP contribution in [0.5, 0.6) is 0 Å². The molecule has 0 aliphatic carbocycles. The van der Waals surface area contributed by atoms with Gasteiger partial charge in [-0.2, -0.15) is 0 Å². The van der Waals surface area contributed by atoms with Gasteiger partial charge in [-0.3, -0.25) is 4.90 Å². The Morgan fingerprint density at radius 1 is 1.39 bits per heavy atom. The minimum Gasteiger partial charge on any atom is -0.383 e. The van der Waals surface area contributed by atoms with Gasteiger partial charge in [0.2, 0.25) is 0 Å². The highest BCUT2D eigenvalue weighted by atomic mass is 16.5. The van der Waals surface area contributed by atoms with Gasteiger partial charge in [0.15, 0.2) is 0 Å². The van der Waals surface area contributed by atoms with Crippen molar-refractivity contribution in [2.75, 3.05) is 33.4 Å². The van der Waals surface area contributed by atoms with Crippen molar-refractivity contribution in [1.82, 2.24) is 10.2 Å². The molecule has 0 aromatic rings. The quantitative estimate of drug-likeness (QED) is 0.706. The van der Waals surface area contributed by atoms with Crippen LogP contribution in [-0.2, 0) is 4.74 Å². The Bertz CT molecular complexity index is 241. The molecule has 1 N–H and O–H groups in total. The minimum absolute atomic E-state index is 0.518. The number of methoxy groups -OCH3 is 1. The first-order valence-electron chi connectivity index (χ1n) is 7.26. The number of nitrogens with zero attached hydrogens (tertiary/aromatic N) is 1. The number of nitrogens with one attached hydrogen (secondary N) is 1. The summed E-state index contributed by atoms with van der Waals surface area (Å²) in [6.07, 6.45) is 5.99. The van der Waals surface area contributed by atoms with Crippen molar-refractivity contribution in [2.24, 2.45) is 0 Å². The smallest absolute Gasteiger partial charge is 0.0615 e. The fourth-order valence-electron chi connectivity index (χ4n) is 2.41. The van der Waals surface area contributed by atoms with E-state index >= 15 is 0 Å². The van der Waals surface area contributed by atoms with Gasteiger partial charge in [-0.25, -0.2) is 0 Å². The maximum atomic E-state index is 5.24. The van der Waals surface area contributed by atoms with E-state index in [-0.39, 0.29) is 0 Å². The molecule has 0 amide bonds. The molecule has 106 valence electrons. The number of ether oxygens (including phenoxy) is 1. The number of hydrogen-bond acceptors (Lipinski definition) is 3. The highest BCUT2D eigenvalue weighted by Gasteiger charge is 2.20. The Hall–Kier alpha value is -0.380. The molecular formula is C15H30N2O. The topological polar surface area (TPSA) is 24.5 Å². The summed E-state index contributed by atoms with van der Waals surface area (Å²) < 4.78 is 5.24. The normalized spacial score (nSPS) is 19.8. The molecule has 0 radical (unpaired) electrons. The molecule has 3 heteroatoms. The molecule has 0 bridgehead atoms. The molecule has 1 atom stereocenters. The van der Waals surface area contributed by atoms with Crippen molar-refractivity contribution in [3.05, 3.63) is 11.6 Å². The third-order valence-electron chi connectivity index (χ3n) is 3.68. The van der Waals surface area contributed by atoms with Gasteiger partial charge in [-0.05, 0) is 46.2 Å². The molecule has 1 fully saturated rings. The number of likely N-dealkylation sites (tertiary alicyclic amines) is 1. The molecule has 1 unspecified atom stereocenters. The second-order valence-corrected chi connectivity index (χ2v) is 5.58. The molecular weight excluding hydrogens is 224 g/mol. The largest absolute Gasteiger partial charge is 0.383 e. The number of allylic oxidation sites excluding steroid dienone is 1. The number of hydrogen-bond donors (Lipinski definition) is 1. The van der Waals surface area contributed by atoms with Crippen molar-refractivity contribution >= 4 is 0 Å². The summed E-state index contributed by atoms with van der Waals surface area (Å²) in [4.78, 5) is 2.54. The monoisotopic (exact) mass is 254 g/mol. The molecule has 18 heavy (non-hydrogen) atoms. The van der Waals surface area contributed by atoms with Gasteiger partial charge in [-0.15, -0.1) is 0 Å². The van der Waals surface area contributed by atoms with Gasteiger partial charge in [-0.1, -0.05) is 18.6 Å². The number of piperidine rings is 1. The van der Waals surface area contributed by atoms with Gasteiger partial charge >= 0.3 is 0 Å². The lowest BCUT2D eigenvalue weighted by Crippen LogP contribution is -2.47. The predicted octanol–water partition coefficient (Wildman–Crippen LogP) is 2.43. The predicted molar refractivity (Wildman–Crippen MR) is 78.0 cm³/mol. The minimum atomic E-state index is 0.518. The van der Waals surface area contributed by atoms with Gasteiger partial charge in [0, 0.05) is 25.7 Å². The fraction of sp³-hybridized carbons (Fsp3) is 0.867. The molecule has 1 heterocycles. The van der Waals surface area contributed by atoms with Crippen molar-refractivity contribution < 1.29 is 4.74 Å². The molecule has 1 saturated heterocycles. The molecule has 1 rings (SSSR count). The van der Waals surface area contributed by atoms with Crippen LogP contribution in [0.3, 0.4) is 0 Å². The zero-order valence-electron chi connectivity index (χ0n) is 12.5. The third kappa shape index (κ3) is 5.98. The SMILES string of the molecule is CCC(COC)NC1CCN(CC=C(C)C)CC1. The Morgan fingerprint density at radius 2 is 2.06 bits per heavy atom. The Kier molecular flexibility index (Phi) is 7.56. The summed E-state index contributed by atoms with van der Waals surface area (Å²) in [5.41, 5.74) is 1.42. The summed E-state index contributed by atoms with van der Waals surface area (Å²) in [6, 6.07) is 1.19.